The van der Waals surface area contributed by atoms with Crippen LogP contribution in [0.1, 0.15) is 12.0 Å². The standard InChI is InChI=1S/C11H10/c1-2-5-10(6-3-1)9-11-7-4-8-11/h1-3,5-6,11H,7,9H2. The lowest BCUT2D eigenvalue weighted by Gasteiger charge is -2.11. The van der Waals surface area contributed by atoms with Gasteiger partial charge in [0, 0.05) is 12.3 Å². The average Bonchev–Trinajstić information content (AvgIpc) is 1.99. The number of hydrogen-bond acceptors (Lipinski definition) is 0. The molecule has 0 heteroatoms. The van der Waals surface area contributed by atoms with Crippen molar-refractivity contribution in [1.82, 2.24) is 0 Å². The number of hydrogen-bond donors (Lipinski definition) is 0. The van der Waals surface area contributed by atoms with Gasteiger partial charge in [-0.25, -0.2) is 0 Å². The lowest BCUT2D eigenvalue weighted by atomic mass is 9.91. The van der Waals surface area contributed by atoms with E-state index in [0.29, 0.717) is 5.92 Å². The van der Waals surface area contributed by atoms with Crippen LogP contribution in [-0.4, -0.2) is 0 Å². The molecule has 0 radical (unpaired) electrons. The van der Waals surface area contributed by atoms with Crippen molar-refractivity contribution in [2.24, 2.45) is 5.92 Å². The van der Waals surface area contributed by atoms with Gasteiger partial charge < -0.3 is 0 Å². The quantitative estimate of drug-likeness (QED) is 0.555. The van der Waals surface area contributed by atoms with E-state index in [-0.39, 0.29) is 0 Å². The van der Waals surface area contributed by atoms with E-state index in [1.54, 1.807) is 0 Å². The summed E-state index contributed by atoms with van der Waals surface area (Å²) < 4.78 is 0. The third-order valence-corrected chi connectivity index (χ3v) is 1.98. The molecule has 0 saturated carbocycles. The van der Waals surface area contributed by atoms with Crippen LogP contribution in [0.3, 0.4) is 0 Å². The van der Waals surface area contributed by atoms with Crippen LogP contribution in [0, 0.1) is 17.8 Å². The molecular weight excluding hydrogens is 132 g/mol. The van der Waals surface area contributed by atoms with Crippen molar-refractivity contribution >= 4 is 0 Å². The maximum atomic E-state index is 3.14. The second kappa shape index (κ2) is 2.80. The van der Waals surface area contributed by atoms with Gasteiger partial charge in [-0.2, -0.15) is 0 Å². The summed E-state index contributed by atoms with van der Waals surface area (Å²) in [4.78, 5) is 0. The lowest BCUT2D eigenvalue weighted by Crippen LogP contribution is -2.06. The van der Waals surface area contributed by atoms with E-state index in [1.165, 1.54) is 5.56 Å². The fourth-order valence-corrected chi connectivity index (χ4v) is 1.27. The SMILES string of the molecule is C1#CC(Cc2ccccc2)C1. The molecular formula is C11H10. The highest BCUT2D eigenvalue weighted by molar-refractivity contribution is 5.23. The van der Waals surface area contributed by atoms with E-state index < -0.39 is 0 Å². The molecule has 1 unspecified atom stereocenters. The Hall–Kier alpha value is -1.22. The molecule has 0 spiro atoms. The first kappa shape index (κ1) is 6.49. The van der Waals surface area contributed by atoms with E-state index in [4.69, 9.17) is 0 Å². The maximum Gasteiger partial charge on any atom is 0.0352 e. The Labute approximate surface area is 67.2 Å². The molecule has 1 aliphatic rings. The van der Waals surface area contributed by atoms with E-state index in [9.17, 15) is 0 Å². The zero-order valence-corrected chi connectivity index (χ0v) is 6.38. The van der Waals surface area contributed by atoms with Crippen LogP contribution < -0.4 is 0 Å². The Morgan fingerprint density at radius 1 is 1.27 bits per heavy atom. The molecule has 2 rings (SSSR count). The van der Waals surface area contributed by atoms with Crippen LogP contribution in [0.15, 0.2) is 30.3 Å². The van der Waals surface area contributed by atoms with Gasteiger partial charge >= 0.3 is 0 Å². The molecule has 1 aromatic rings. The van der Waals surface area contributed by atoms with E-state index in [1.807, 2.05) is 0 Å². The third kappa shape index (κ3) is 1.43. The summed E-state index contributed by atoms with van der Waals surface area (Å²) in [6, 6.07) is 10.6. The monoisotopic (exact) mass is 142 g/mol. The predicted octanol–water partition coefficient (Wildman–Crippen LogP) is 2.25. The molecule has 1 aromatic carbocycles. The molecule has 1 aliphatic carbocycles. The van der Waals surface area contributed by atoms with Gasteiger partial charge in [-0.1, -0.05) is 36.3 Å². The highest BCUT2D eigenvalue weighted by atomic mass is 14.1. The van der Waals surface area contributed by atoms with Gasteiger partial charge in [-0.15, -0.1) is 5.92 Å². The zero-order valence-electron chi connectivity index (χ0n) is 6.38. The fraction of sp³-hybridized carbons (Fsp3) is 0.273. The number of rotatable bonds is 2. The van der Waals surface area contributed by atoms with Crippen LogP contribution in [0.5, 0.6) is 0 Å². The molecule has 0 saturated heterocycles. The molecule has 0 nitrogen and oxygen atoms in total. The molecule has 0 heterocycles. The first-order chi connectivity index (χ1) is 5.45. The average molecular weight is 142 g/mol. The molecule has 0 amide bonds. The van der Waals surface area contributed by atoms with Gasteiger partial charge in [0.1, 0.15) is 0 Å². The summed E-state index contributed by atoms with van der Waals surface area (Å²) in [6.45, 7) is 0. The maximum absolute atomic E-state index is 3.14. The van der Waals surface area contributed by atoms with Crippen molar-refractivity contribution in [3.63, 3.8) is 0 Å². The summed E-state index contributed by atoms with van der Waals surface area (Å²) in [5.41, 5.74) is 1.41. The van der Waals surface area contributed by atoms with Gasteiger partial charge in [0.05, 0.1) is 0 Å². The minimum Gasteiger partial charge on any atom is -0.102 e. The van der Waals surface area contributed by atoms with Crippen molar-refractivity contribution in [3.8, 4) is 11.8 Å². The van der Waals surface area contributed by atoms with Crippen molar-refractivity contribution < 1.29 is 0 Å². The summed E-state index contributed by atoms with van der Waals surface area (Å²) in [5.74, 6) is 6.81. The normalized spacial score (nSPS) is 19.8. The minimum absolute atomic E-state index is 0.636. The second-order valence-corrected chi connectivity index (χ2v) is 2.91. The predicted molar refractivity (Wildman–Crippen MR) is 46.0 cm³/mol. The van der Waals surface area contributed by atoms with Crippen molar-refractivity contribution in [1.29, 1.82) is 0 Å². The lowest BCUT2D eigenvalue weighted by molar-refractivity contribution is 0.661. The Balaban J connectivity index is 2.03. The van der Waals surface area contributed by atoms with Crippen LogP contribution in [-0.2, 0) is 6.42 Å². The summed E-state index contributed by atoms with van der Waals surface area (Å²) in [5, 5.41) is 0. The summed E-state index contributed by atoms with van der Waals surface area (Å²) in [6.07, 6.45) is 2.22. The number of benzene rings is 1. The fourth-order valence-electron chi connectivity index (χ4n) is 1.27. The molecule has 0 bridgehead atoms. The van der Waals surface area contributed by atoms with Gasteiger partial charge in [-0.05, 0) is 12.0 Å². The molecule has 0 N–H and O–H groups in total. The first-order valence-electron chi connectivity index (χ1n) is 3.97. The van der Waals surface area contributed by atoms with Gasteiger partial charge in [0.2, 0.25) is 0 Å². The van der Waals surface area contributed by atoms with Gasteiger partial charge in [0.15, 0.2) is 0 Å². The largest absolute Gasteiger partial charge is 0.102 e. The van der Waals surface area contributed by atoms with Gasteiger partial charge in [0.25, 0.3) is 0 Å². The smallest absolute Gasteiger partial charge is 0.0352 e. The zero-order chi connectivity index (χ0) is 7.52. The highest BCUT2D eigenvalue weighted by Crippen LogP contribution is 2.15. The van der Waals surface area contributed by atoms with Crippen LogP contribution in [0.4, 0.5) is 0 Å². The Bertz CT molecular complexity index is 287. The van der Waals surface area contributed by atoms with Crippen LogP contribution >= 0.6 is 0 Å². The van der Waals surface area contributed by atoms with E-state index in [2.05, 4.69) is 42.2 Å². The second-order valence-electron chi connectivity index (χ2n) is 2.91. The van der Waals surface area contributed by atoms with Crippen molar-refractivity contribution in [2.75, 3.05) is 0 Å². The van der Waals surface area contributed by atoms with Crippen LogP contribution in [0.2, 0.25) is 0 Å². The van der Waals surface area contributed by atoms with Crippen molar-refractivity contribution in [2.45, 2.75) is 12.8 Å². The molecule has 11 heavy (non-hydrogen) atoms. The summed E-state index contributed by atoms with van der Waals surface area (Å²) >= 11 is 0. The summed E-state index contributed by atoms with van der Waals surface area (Å²) in [7, 11) is 0. The molecule has 54 valence electrons. The third-order valence-electron chi connectivity index (χ3n) is 1.98. The Morgan fingerprint density at radius 2 is 2.00 bits per heavy atom. The van der Waals surface area contributed by atoms with E-state index in [0.717, 1.165) is 12.8 Å². The minimum atomic E-state index is 0.636. The van der Waals surface area contributed by atoms with E-state index >= 15 is 0 Å². The van der Waals surface area contributed by atoms with Crippen molar-refractivity contribution in [3.05, 3.63) is 35.9 Å². The highest BCUT2D eigenvalue weighted by Gasteiger charge is 2.09. The Morgan fingerprint density at radius 3 is 2.55 bits per heavy atom. The van der Waals surface area contributed by atoms with Gasteiger partial charge in [-0.3, -0.25) is 0 Å². The molecule has 0 fully saturated rings. The molecule has 0 aromatic heterocycles. The molecule has 0 aliphatic heterocycles. The van der Waals surface area contributed by atoms with Crippen LogP contribution in [0.25, 0.3) is 0 Å². The Kier molecular flexibility index (Phi) is 1.65. The topological polar surface area (TPSA) is 0 Å². The molecule has 1 atom stereocenters. The first-order valence-corrected chi connectivity index (χ1v) is 3.97.